The van der Waals surface area contributed by atoms with Gasteiger partial charge >= 0.3 is 0 Å². The molecular weight excluding hydrogens is 196 g/mol. The molecule has 1 aromatic rings. The zero-order valence-electron chi connectivity index (χ0n) is 8.10. The van der Waals surface area contributed by atoms with Crippen LogP contribution < -0.4 is 5.32 Å². The van der Waals surface area contributed by atoms with Crippen LogP contribution in [0.25, 0.3) is 0 Å². The fourth-order valence-corrected chi connectivity index (χ4v) is 2.62. The first kappa shape index (κ1) is 9.96. The lowest BCUT2D eigenvalue weighted by Gasteiger charge is -2.12. The zero-order chi connectivity index (χ0) is 9.97. The summed E-state index contributed by atoms with van der Waals surface area (Å²) in [6.07, 6.45) is 1.55. The minimum absolute atomic E-state index is 0.239. The van der Waals surface area contributed by atoms with E-state index in [1.54, 1.807) is 18.0 Å². The smallest absolute Gasteiger partial charge is 0.0993 e. The normalized spacial score (nSPS) is 26.7. The topological polar surface area (TPSA) is 45.2 Å². The molecule has 1 aliphatic rings. The monoisotopic (exact) mass is 210 g/mol. The molecule has 2 unspecified atom stereocenters. The highest BCUT2D eigenvalue weighted by Crippen LogP contribution is 2.27. The van der Waals surface area contributed by atoms with Crippen molar-refractivity contribution in [3.8, 4) is 0 Å². The summed E-state index contributed by atoms with van der Waals surface area (Å²) in [6.45, 7) is 3.61. The number of nitrogens with zero attached hydrogens (tertiary/aromatic N) is 1. The Kier molecular flexibility index (Phi) is 3.05. The Hall–Kier alpha value is -0.580. The molecule has 2 rings (SSSR count). The molecule has 1 saturated heterocycles. The third-order valence-electron chi connectivity index (χ3n) is 2.35. The maximum Gasteiger partial charge on any atom is 0.0993 e. The average molecular weight is 210 g/mol. The van der Waals surface area contributed by atoms with E-state index in [9.17, 15) is 5.11 Å². The van der Waals surface area contributed by atoms with Crippen molar-refractivity contribution in [2.24, 2.45) is 0 Å². The molecule has 0 aromatic carbocycles. The summed E-state index contributed by atoms with van der Waals surface area (Å²) in [5.41, 5.74) is 1.18. The molecule has 2 heterocycles. The summed E-state index contributed by atoms with van der Waals surface area (Å²) in [7, 11) is 0. The standard InChI is InChI=1S/C10H14N2OS/c1-7-3-2-4-12-10(7)14-9-6-11-5-8(9)13/h2-4,8-9,11,13H,5-6H2,1H3. The van der Waals surface area contributed by atoms with E-state index in [4.69, 9.17) is 0 Å². The second-order valence-corrected chi connectivity index (χ2v) is 4.74. The van der Waals surface area contributed by atoms with E-state index in [0.29, 0.717) is 6.54 Å². The van der Waals surface area contributed by atoms with Gasteiger partial charge in [0.05, 0.1) is 16.4 Å². The molecule has 76 valence electrons. The van der Waals surface area contributed by atoms with Gasteiger partial charge in [0.15, 0.2) is 0 Å². The number of aryl methyl sites for hydroxylation is 1. The molecule has 0 radical (unpaired) electrons. The number of hydrogen-bond acceptors (Lipinski definition) is 4. The van der Waals surface area contributed by atoms with Gasteiger partial charge < -0.3 is 10.4 Å². The van der Waals surface area contributed by atoms with Crippen molar-refractivity contribution in [2.45, 2.75) is 23.3 Å². The zero-order valence-corrected chi connectivity index (χ0v) is 8.92. The molecule has 14 heavy (non-hydrogen) atoms. The Bertz CT molecular complexity index is 319. The summed E-state index contributed by atoms with van der Waals surface area (Å²) in [5.74, 6) is 0. The number of aromatic nitrogens is 1. The predicted molar refractivity (Wildman–Crippen MR) is 57.5 cm³/mol. The maximum atomic E-state index is 9.63. The summed E-state index contributed by atoms with van der Waals surface area (Å²) in [4.78, 5) is 4.30. The Morgan fingerprint density at radius 1 is 1.57 bits per heavy atom. The van der Waals surface area contributed by atoms with Crippen molar-refractivity contribution in [3.63, 3.8) is 0 Å². The predicted octanol–water partition coefficient (Wildman–Crippen LogP) is 0.815. The molecule has 1 aromatic heterocycles. The Morgan fingerprint density at radius 2 is 2.43 bits per heavy atom. The van der Waals surface area contributed by atoms with Crippen molar-refractivity contribution in [2.75, 3.05) is 13.1 Å². The van der Waals surface area contributed by atoms with Crippen molar-refractivity contribution in [1.82, 2.24) is 10.3 Å². The summed E-state index contributed by atoms with van der Waals surface area (Å²) in [5, 5.41) is 14.1. The molecule has 2 atom stereocenters. The Morgan fingerprint density at radius 3 is 3.07 bits per heavy atom. The van der Waals surface area contributed by atoms with Crippen LogP contribution in [0.5, 0.6) is 0 Å². The lowest BCUT2D eigenvalue weighted by atomic mass is 10.3. The van der Waals surface area contributed by atoms with Crippen LogP contribution in [0.15, 0.2) is 23.4 Å². The van der Waals surface area contributed by atoms with Crippen LogP contribution in [0.1, 0.15) is 5.56 Å². The van der Waals surface area contributed by atoms with Gasteiger partial charge in [-0.25, -0.2) is 4.98 Å². The van der Waals surface area contributed by atoms with E-state index in [-0.39, 0.29) is 11.4 Å². The van der Waals surface area contributed by atoms with Crippen LogP contribution in [0.2, 0.25) is 0 Å². The SMILES string of the molecule is Cc1cccnc1SC1CNCC1O. The van der Waals surface area contributed by atoms with Crippen LogP contribution in [-0.4, -0.2) is 34.5 Å². The van der Waals surface area contributed by atoms with Gasteiger partial charge in [-0.15, -0.1) is 0 Å². The van der Waals surface area contributed by atoms with Crippen LogP contribution >= 0.6 is 11.8 Å². The van der Waals surface area contributed by atoms with E-state index in [1.165, 1.54) is 5.56 Å². The van der Waals surface area contributed by atoms with E-state index in [0.717, 1.165) is 11.6 Å². The second-order valence-electron chi connectivity index (χ2n) is 3.51. The Labute approximate surface area is 87.9 Å². The lowest BCUT2D eigenvalue weighted by Crippen LogP contribution is -2.20. The van der Waals surface area contributed by atoms with Crippen LogP contribution in [0.4, 0.5) is 0 Å². The van der Waals surface area contributed by atoms with Gasteiger partial charge in [-0.2, -0.15) is 0 Å². The van der Waals surface area contributed by atoms with E-state index >= 15 is 0 Å². The number of nitrogens with one attached hydrogen (secondary N) is 1. The Balaban J connectivity index is 2.07. The number of hydrogen-bond donors (Lipinski definition) is 2. The second kappa shape index (κ2) is 4.29. The lowest BCUT2D eigenvalue weighted by molar-refractivity contribution is 0.201. The van der Waals surface area contributed by atoms with Gasteiger partial charge in [0, 0.05) is 19.3 Å². The molecule has 3 nitrogen and oxygen atoms in total. The van der Waals surface area contributed by atoms with Crippen LogP contribution in [0.3, 0.4) is 0 Å². The number of β-amino-alcohol motifs (C(OH)–C–C–N with tert-alkyl or cyclic N) is 1. The number of aliphatic hydroxyl groups is 1. The van der Waals surface area contributed by atoms with E-state index in [2.05, 4.69) is 10.3 Å². The highest BCUT2D eigenvalue weighted by molar-refractivity contribution is 8.00. The van der Waals surface area contributed by atoms with E-state index < -0.39 is 0 Å². The molecule has 4 heteroatoms. The van der Waals surface area contributed by atoms with Crippen molar-refractivity contribution >= 4 is 11.8 Å². The molecule has 2 N–H and O–H groups in total. The number of rotatable bonds is 2. The molecule has 0 aliphatic carbocycles. The summed E-state index contributed by atoms with van der Waals surface area (Å²) in [6, 6.07) is 3.98. The largest absolute Gasteiger partial charge is 0.391 e. The summed E-state index contributed by atoms with van der Waals surface area (Å²) >= 11 is 1.66. The van der Waals surface area contributed by atoms with Crippen LogP contribution in [0, 0.1) is 6.92 Å². The third kappa shape index (κ3) is 2.08. The molecule has 1 fully saturated rings. The number of pyridine rings is 1. The first-order chi connectivity index (χ1) is 6.77. The highest BCUT2D eigenvalue weighted by atomic mass is 32.2. The highest BCUT2D eigenvalue weighted by Gasteiger charge is 2.26. The third-order valence-corrected chi connectivity index (χ3v) is 3.79. The van der Waals surface area contributed by atoms with Gasteiger partial charge in [-0.05, 0) is 18.6 Å². The molecule has 0 spiro atoms. The maximum absolute atomic E-state index is 9.63. The molecule has 1 aliphatic heterocycles. The van der Waals surface area contributed by atoms with Crippen molar-refractivity contribution in [1.29, 1.82) is 0 Å². The minimum Gasteiger partial charge on any atom is -0.391 e. The van der Waals surface area contributed by atoms with Crippen LogP contribution in [-0.2, 0) is 0 Å². The van der Waals surface area contributed by atoms with Gasteiger partial charge in [0.25, 0.3) is 0 Å². The van der Waals surface area contributed by atoms with Gasteiger partial charge in [-0.1, -0.05) is 17.8 Å². The summed E-state index contributed by atoms with van der Waals surface area (Å²) < 4.78 is 0. The van der Waals surface area contributed by atoms with Gasteiger partial charge in [-0.3, -0.25) is 0 Å². The van der Waals surface area contributed by atoms with Crippen molar-refractivity contribution < 1.29 is 5.11 Å². The number of aliphatic hydroxyl groups excluding tert-OH is 1. The number of thioether (sulfide) groups is 1. The molecule has 0 amide bonds. The molecular formula is C10H14N2OS. The first-order valence-electron chi connectivity index (χ1n) is 4.74. The molecule has 0 saturated carbocycles. The fourth-order valence-electron chi connectivity index (χ4n) is 1.50. The molecule has 0 bridgehead atoms. The minimum atomic E-state index is -0.249. The van der Waals surface area contributed by atoms with Crippen molar-refractivity contribution in [3.05, 3.63) is 23.9 Å². The fraction of sp³-hybridized carbons (Fsp3) is 0.500. The quantitative estimate of drug-likeness (QED) is 0.758. The average Bonchev–Trinajstić information content (AvgIpc) is 2.56. The van der Waals surface area contributed by atoms with Gasteiger partial charge in [0.2, 0.25) is 0 Å². The first-order valence-corrected chi connectivity index (χ1v) is 5.62. The van der Waals surface area contributed by atoms with E-state index in [1.807, 2.05) is 19.1 Å². The van der Waals surface area contributed by atoms with Gasteiger partial charge in [0.1, 0.15) is 0 Å².